The van der Waals surface area contributed by atoms with Gasteiger partial charge in [0.25, 0.3) is 0 Å². The number of thiophene rings is 1. The molecule has 4 nitrogen and oxygen atoms in total. The predicted molar refractivity (Wildman–Crippen MR) is 87.8 cm³/mol. The molecule has 0 spiro atoms. The normalized spacial score (nSPS) is 11.8. The lowest BCUT2D eigenvalue weighted by atomic mass is 10.3. The molecule has 6 heteroatoms. The number of thiazole rings is 1. The number of rotatable bonds is 6. The number of hydrogen-bond acceptors (Lipinski definition) is 4. The van der Waals surface area contributed by atoms with E-state index < -0.39 is 0 Å². The van der Waals surface area contributed by atoms with Crippen molar-refractivity contribution in [2.24, 2.45) is 10.7 Å². The van der Waals surface area contributed by atoms with Gasteiger partial charge in [-0.1, -0.05) is 6.07 Å². The summed E-state index contributed by atoms with van der Waals surface area (Å²) < 4.78 is 0. The van der Waals surface area contributed by atoms with Gasteiger partial charge < -0.3 is 11.1 Å². The molecule has 0 fully saturated rings. The highest BCUT2D eigenvalue weighted by Crippen LogP contribution is 2.16. The van der Waals surface area contributed by atoms with Crippen LogP contribution in [0.3, 0.4) is 0 Å². The molecule has 2 aromatic heterocycles. The van der Waals surface area contributed by atoms with Gasteiger partial charge >= 0.3 is 0 Å². The van der Waals surface area contributed by atoms with Crippen LogP contribution in [0.1, 0.15) is 20.5 Å². The first-order valence-corrected chi connectivity index (χ1v) is 8.34. The summed E-state index contributed by atoms with van der Waals surface area (Å²) in [6.45, 7) is 5.65. The maximum absolute atomic E-state index is 5.84. The van der Waals surface area contributed by atoms with E-state index in [2.05, 4.69) is 39.7 Å². The molecule has 0 aliphatic carbocycles. The summed E-state index contributed by atoms with van der Waals surface area (Å²) in [5, 5.41) is 6.36. The maximum atomic E-state index is 5.84. The van der Waals surface area contributed by atoms with Crippen molar-refractivity contribution in [3.8, 4) is 0 Å². The number of hydrogen-bond donors (Lipinski definition) is 2. The van der Waals surface area contributed by atoms with Crippen molar-refractivity contribution >= 4 is 28.6 Å². The molecule has 0 radical (unpaired) electrons. The van der Waals surface area contributed by atoms with Gasteiger partial charge in [-0.2, -0.15) is 0 Å². The highest BCUT2D eigenvalue weighted by molar-refractivity contribution is 7.11. The molecular formula is C14H20N4S2. The number of guanidine groups is 1. The van der Waals surface area contributed by atoms with Crippen LogP contribution in [0.2, 0.25) is 0 Å². The number of aliphatic imine (C=N–C) groups is 1. The Hall–Kier alpha value is -1.40. The Morgan fingerprint density at radius 2 is 2.25 bits per heavy atom. The van der Waals surface area contributed by atoms with E-state index in [0.29, 0.717) is 12.5 Å². The van der Waals surface area contributed by atoms with E-state index in [4.69, 9.17) is 5.73 Å². The Balaban J connectivity index is 1.68. The zero-order chi connectivity index (χ0) is 14.4. The molecule has 0 saturated heterocycles. The Morgan fingerprint density at radius 3 is 2.90 bits per heavy atom. The van der Waals surface area contributed by atoms with Crippen molar-refractivity contribution in [3.63, 3.8) is 0 Å². The molecule has 0 saturated carbocycles. The zero-order valence-corrected chi connectivity index (χ0v) is 13.5. The molecule has 0 aromatic carbocycles. The predicted octanol–water partition coefficient (Wildman–Crippen LogP) is 2.51. The summed E-state index contributed by atoms with van der Waals surface area (Å²) in [6, 6.07) is 4.20. The Labute approximate surface area is 127 Å². The third kappa shape index (κ3) is 4.61. The molecule has 0 amide bonds. The van der Waals surface area contributed by atoms with Crippen LogP contribution in [-0.2, 0) is 12.8 Å². The van der Waals surface area contributed by atoms with Crippen LogP contribution in [0.4, 0.5) is 0 Å². The largest absolute Gasteiger partial charge is 0.370 e. The Bertz CT molecular complexity index is 538. The molecule has 2 heterocycles. The molecule has 0 aliphatic rings. The summed E-state index contributed by atoms with van der Waals surface area (Å²) in [5.41, 5.74) is 6.96. The first-order chi connectivity index (χ1) is 9.65. The van der Waals surface area contributed by atoms with Gasteiger partial charge in [0.2, 0.25) is 0 Å². The minimum absolute atomic E-state index is 0.520. The van der Waals surface area contributed by atoms with Crippen LogP contribution in [-0.4, -0.2) is 24.0 Å². The highest BCUT2D eigenvalue weighted by Gasteiger charge is 2.02. The number of nitrogens with zero attached hydrogens (tertiary/aromatic N) is 2. The fraction of sp³-hybridized carbons (Fsp3) is 0.429. The molecule has 0 aliphatic heterocycles. The van der Waals surface area contributed by atoms with Crippen molar-refractivity contribution < 1.29 is 0 Å². The van der Waals surface area contributed by atoms with E-state index in [1.807, 2.05) is 6.92 Å². The van der Waals surface area contributed by atoms with Crippen molar-refractivity contribution in [2.45, 2.75) is 26.7 Å². The van der Waals surface area contributed by atoms with Crippen LogP contribution >= 0.6 is 22.7 Å². The summed E-state index contributed by atoms with van der Waals surface area (Å²) in [5.74, 6) is 0.520. The van der Waals surface area contributed by atoms with Crippen LogP contribution < -0.4 is 11.1 Å². The van der Waals surface area contributed by atoms with Gasteiger partial charge in [-0.25, -0.2) is 4.98 Å². The molecule has 0 atom stereocenters. The Morgan fingerprint density at radius 1 is 1.40 bits per heavy atom. The van der Waals surface area contributed by atoms with Crippen molar-refractivity contribution in [1.82, 2.24) is 10.3 Å². The van der Waals surface area contributed by atoms with E-state index in [-0.39, 0.29) is 0 Å². The number of nitrogens with one attached hydrogen (secondary N) is 1. The minimum Gasteiger partial charge on any atom is -0.370 e. The van der Waals surface area contributed by atoms with Gasteiger partial charge in [-0.05, 0) is 31.7 Å². The third-order valence-electron chi connectivity index (χ3n) is 2.94. The SMILES string of the molecule is Cc1nc(CCN=C(N)NCCc2cccs2)sc1C. The second-order valence-corrected chi connectivity index (χ2v) is 6.84. The van der Waals surface area contributed by atoms with Gasteiger partial charge in [-0.15, -0.1) is 22.7 Å². The smallest absolute Gasteiger partial charge is 0.188 e. The first-order valence-electron chi connectivity index (χ1n) is 6.64. The van der Waals surface area contributed by atoms with Crippen molar-refractivity contribution in [2.75, 3.05) is 13.1 Å². The van der Waals surface area contributed by atoms with E-state index in [1.165, 1.54) is 9.75 Å². The summed E-state index contributed by atoms with van der Waals surface area (Å²) in [6.07, 6.45) is 1.84. The lowest BCUT2D eigenvalue weighted by molar-refractivity contribution is 0.850. The maximum Gasteiger partial charge on any atom is 0.188 e. The first kappa shape index (κ1) is 15.0. The molecule has 108 valence electrons. The van der Waals surface area contributed by atoms with Gasteiger partial charge in [0.05, 0.1) is 10.7 Å². The van der Waals surface area contributed by atoms with Crippen LogP contribution in [0.15, 0.2) is 22.5 Å². The molecular weight excluding hydrogens is 288 g/mol. The quantitative estimate of drug-likeness (QED) is 0.636. The van der Waals surface area contributed by atoms with E-state index in [1.54, 1.807) is 22.7 Å². The van der Waals surface area contributed by atoms with E-state index >= 15 is 0 Å². The van der Waals surface area contributed by atoms with Crippen LogP contribution in [0.25, 0.3) is 0 Å². The summed E-state index contributed by atoms with van der Waals surface area (Å²) >= 11 is 3.51. The lowest BCUT2D eigenvalue weighted by Gasteiger charge is -2.04. The van der Waals surface area contributed by atoms with Gasteiger partial charge in [0.15, 0.2) is 5.96 Å². The summed E-state index contributed by atoms with van der Waals surface area (Å²) in [4.78, 5) is 11.5. The summed E-state index contributed by atoms with van der Waals surface area (Å²) in [7, 11) is 0. The molecule has 2 aromatic rings. The van der Waals surface area contributed by atoms with E-state index in [9.17, 15) is 0 Å². The second kappa shape index (κ2) is 7.40. The topological polar surface area (TPSA) is 63.3 Å². The standard InChI is InChI=1S/C14H20N4S2/c1-10-11(2)20-13(18-10)6-8-17-14(15)16-7-5-12-4-3-9-19-12/h3-4,9H,5-8H2,1-2H3,(H3,15,16,17). The monoisotopic (exact) mass is 308 g/mol. The van der Waals surface area contributed by atoms with Gasteiger partial charge in [0, 0.05) is 29.3 Å². The van der Waals surface area contributed by atoms with E-state index in [0.717, 1.165) is 30.1 Å². The average molecular weight is 308 g/mol. The lowest BCUT2D eigenvalue weighted by Crippen LogP contribution is -2.33. The molecule has 0 unspecified atom stereocenters. The molecule has 3 N–H and O–H groups in total. The Kier molecular flexibility index (Phi) is 5.55. The second-order valence-electron chi connectivity index (χ2n) is 4.52. The molecule has 2 rings (SSSR count). The van der Waals surface area contributed by atoms with Crippen LogP contribution in [0, 0.1) is 13.8 Å². The van der Waals surface area contributed by atoms with Gasteiger partial charge in [0.1, 0.15) is 0 Å². The van der Waals surface area contributed by atoms with Crippen LogP contribution in [0.5, 0.6) is 0 Å². The number of aryl methyl sites for hydroxylation is 2. The highest BCUT2D eigenvalue weighted by atomic mass is 32.1. The number of aromatic nitrogens is 1. The van der Waals surface area contributed by atoms with Crippen molar-refractivity contribution in [3.05, 3.63) is 38.0 Å². The van der Waals surface area contributed by atoms with Gasteiger partial charge in [-0.3, -0.25) is 4.99 Å². The fourth-order valence-corrected chi connectivity index (χ4v) is 3.37. The molecule has 0 bridgehead atoms. The third-order valence-corrected chi connectivity index (χ3v) is 5.01. The van der Waals surface area contributed by atoms with Crippen molar-refractivity contribution in [1.29, 1.82) is 0 Å². The molecule has 20 heavy (non-hydrogen) atoms. The zero-order valence-electron chi connectivity index (χ0n) is 11.8. The fourth-order valence-electron chi connectivity index (χ4n) is 1.74. The number of nitrogens with two attached hydrogens (primary N) is 1. The average Bonchev–Trinajstić information content (AvgIpc) is 3.01. The minimum atomic E-state index is 0.520.